The number of rotatable bonds is 2. The molecule has 0 aromatic heterocycles. The van der Waals surface area contributed by atoms with Crippen molar-refractivity contribution in [2.45, 2.75) is 36.4 Å². The number of carbonyl (C=O) groups excluding carboxylic acids is 3. The number of aliphatic hydroxyl groups is 5. The Kier molecular flexibility index (Phi) is 4.78. The van der Waals surface area contributed by atoms with Crippen LogP contribution >= 0.6 is 0 Å². The van der Waals surface area contributed by atoms with E-state index in [0.29, 0.717) is 0 Å². The van der Waals surface area contributed by atoms with E-state index in [1.807, 2.05) is 0 Å². The molecule has 2 fully saturated rings. The van der Waals surface area contributed by atoms with Crippen LogP contribution in [-0.4, -0.2) is 79.0 Å². The highest BCUT2D eigenvalue weighted by Crippen LogP contribution is 2.56. The summed E-state index contributed by atoms with van der Waals surface area (Å²) in [5.41, 5.74) is -0.763. The lowest BCUT2D eigenvalue weighted by Crippen LogP contribution is -2.77. The molecule has 3 aliphatic rings. The van der Waals surface area contributed by atoms with Crippen LogP contribution < -0.4 is 11.1 Å². The van der Waals surface area contributed by atoms with Gasteiger partial charge in [0.15, 0.2) is 11.4 Å². The summed E-state index contributed by atoms with van der Waals surface area (Å²) in [6.07, 6.45) is -3.62. The molecule has 2 saturated carbocycles. The quantitative estimate of drug-likeness (QED) is 0.221. The number of nitrogens with two attached hydrogens (primary N) is 1. The molecule has 3 aliphatic carbocycles. The number of fused-ring (bicyclic) bond motifs is 3. The molecule has 0 aliphatic heterocycles. The summed E-state index contributed by atoms with van der Waals surface area (Å²) in [7, 11) is 1.33. The lowest BCUT2D eigenvalue weighted by molar-refractivity contribution is -0.200. The Bertz CT molecular complexity index is 1080. The van der Waals surface area contributed by atoms with Gasteiger partial charge in [-0.2, -0.15) is 0 Å². The molecular weight excluding hydrogens is 424 g/mol. The van der Waals surface area contributed by atoms with Gasteiger partial charge in [-0.05, 0) is 25.6 Å². The number of aliphatic hydroxyl groups excluding tert-OH is 3. The van der Waals surface area contributed by atoms with Crippen LogP contribution in [-0.2, 0) is 20.0 Å². The maximum Gasteiger partial charge on any atom is 0.230 e. The summed E-state index contributed by atoms with van der Waals surface area (Å²) >= 11 is 0. The normalized spacial score (nSPS) is 41.1. The number of carbonyl (C=O) groups is 3. The Labute approximate surface area is 181 Å². The minimum absolute atomic E-state index is 0.0137. The molecule has 1 aromatic carbocycles. The van der Waals surface area contributed by atoms with E-state index in [4.69, 9.17) is 5.73 Å². The molecule has 0 saturated heterocycles. The average molecular weight is 448 g/mol. The Morgan fingerprint density at radius 3 is 2.31 bits per heavy atom. The van der Waals surface area contributed by atoms with Gasteiger partial charge in [0.1, 0.15) is 17.4 Å². The van der Waals surface area contributed by atoms with Gasteiger partial charge in [-0.1, -0.05) is 12.1 Å². The van der Waals surface area contributed by atoms with Crippen LogP contribution in [0, 0.1) is 17.8 Å². The minimum atomic E-state index is -3.04. The maximum atomic E-state index is 13.6. The Balaban J connectivity index is 2.03. The zero-order valence-corrected chi connectivity index (χ0v) is 17.2. The molecule has 0 spiro atoms. The number of nitrogens with one attached hydrogen (secondary N) is 1. The summed E-state index contributed by atoms with van der Waals surface area (Å²) in [4.78, 5) is 38.6. The van der Waals surface area contributed by atoms with Crippen molar-refractivity contribution in [3.63, 3.8) is 0 Å². The van der Waals surface area contributed by atoms with Crippen molar-refractivity contribution in [2.24, 2.45) is 23.5 Å². The molecule has 11 heteroatoms. The van der Waals surface area contributed by atoms with E-state index in [0.717, 1.165) is 0 Å². The fraction of sp³-hybridized carbons (Fsp3) is 0.476. The highest BCUT2D eigenvalue weighted by molar-refractivity contribution is 6.25. The van der Waals surface area contributed by atoms with Gasteiger partial charge >= 0.3 is 0 Å². The fourth-order valence-corrected chi connectivity index (χ4v) is 5.71. The molecule has 0 heterocycles. The number of hydrogen-bond donors (Lipinski definition) is 8. The first-order valence-corrected chi connectivity index (χ1v) is 9.95. The highest BCUT2D eigenvalue weighted by Gasteiger charge is 2.72. The number of aromatic hydroxyl groups is 1. The monoisotopic (exact) mass is 448 g/mol. The summed E-state index contributed by atoms with van der Waals surface area (Å²) in [5.74, 6) is -10.5. The van der Waals surface area contributed by atoms with E-state index in [2.05, 4.69) is 5.32 Å². The van der Waals surface area contributed by atoms with Crippen LogP contribution in [0.1, 0.15) is 18.1 Å². The zero-order chi connectivity index (χ0) is 23.9. The molecule has 1 amide bonds. The van der Waals surface area contributed by atoms with Crippen molar-refractivity contribution in [3.8, 4) is 5.75 Å². The third kappa shape index (κ3) is 2.45. The molecule has 4 rings (SSSR count). The Hall–Kier alpha value is -2.83. The van der Waals surface area contributed by atoms with E-state index in [9.17, 15) is 45.0 Å². The number of ketones is 2. The van der Waals surface area contributed by atoms with Crippen molar-refractivity contribution < 1.29 is 45.0 Å². The number of phenolic OH excluding ortho intramolecular Hbond substituents is 1. The van der Waals surface area contributed by atoms with Crippen molar-refractivity contribution >= 4 is 23.2 Å². The standard InChI is InChI=1S/C21H24N2O9/c1-20(31)6-4-3-5-7(24)8(6)14(25)9-11(20)16(27)12-13(23-2)15(26)10(19(22)30)18(29)21(12,32)17(9)28/h3-5,10-13,15-16,23-27,31-32H,1-2H3,(H2,22,30). The van der Waals surface area contributed by atoms with Crippen molar-refractivity contribution in [1.82, 2.24) is 5.32 Å². The Morgan fingerprint density at radius 1 is 1.12 bits per heavy atom. The van der Waals surface area contributed by atoms with Gasteiger partial charge < -0.3 is 41.7 Å². The van der Waals surface area contributed by atoms with Gasteiger partial charge in [0.2, 0.25) is 11.7 Å². The molecule has 8 unspecified atom stereocenters. The van der Waals surface area contributed by atoms with Crippen LogP contribution in [0.5, 0.6) is 5.75 Å². The van der Waals surface area contributed by atoms with Crippen LogP contribution in [0.3, 0.4) is 0 Å². The first-order chi connectivity index (χ1) is 14.8. The summed E-state index contributed by atoms with van der Waals surface area (Å²) < 4.78 is 0. The van der Waals surface area contributed by atoms with Gasteiger partial charge in [-0.15, -0.1) is 0 Å². The molecule has 8 atom stereocenters. The zero-order valence-electron chi connectivity index (χ0n) is 17.2. The first-order valence-electron chi connectivity index (χ1n) is 9.95. The van der Waals surface area contributed by atoms with E-state index in [1.165, 1.54) is 32.2 Å². The molecule has 0 bridgehead atoms. The number of amides is 1. The van der Waals surface area contributed by atoms with Gasteiger partial charge in [0, 0.05) is 12.0 Å². The SMILES string of the molecule is CNC1C(O)C(C(N)=O)C(=O)C2(O)C(=O)C3=C(O)c4c(O)cccc4C(C)(O)C3C(O)C12. The molecule has 0 radical (unpaired) electrons. The van der Waals surface area contributed by atoms with Crippen LogP contribution in [0.15, 0.2) is 23.8 Å². The second-order valence-electron chi connectivity index (χ2n) is 8.75. The van der Waals surface area contributed by atoms with Crippen molar-refractivity contribution in [3.05, 3.63) is 34.9 Å². The number of primary amides is 1. The third-order valence-corrected chi connectivity index (χ3v) is 7.17. The van der Waals surface area contributed by atoms with E-state index >= 15 is 0 Å². The van der Waals surface area contributed by atoms with Gasteiger partial charge in [0.05, 0.1) is 34.9 Å². The average Bonchev–Trinajstić information content (AvgIpc) is 2.70. The molecule has 1 aromatic rings. The number of hydrogen-bond acceptors (Lipinski definition) is 10. The fourth-order valence-electron chi connectivity index (χ4n) is 5.71. The van der Waals surface area contributed by atoms with Gasteiger partial charge in [-0.3, -0.25) is 14.4 Å². The molecule has 11 nitrogen and oxygen atoms in total. The lowest BCUT2D eigenvalue weighted by Gasteiger charge is -2.56. The first kappa shape index (κ1) is 22.4. The lowest BCUT2D eigenvalue weighted by atomic mass is 9.51. The molecular formula is C21H24N2O9. The molecule has 172 valence electrons. The Morgan fingerprint density at radius 2 is 1.75 bits per heavy atom. The number of benzene rings is 1. The smallest absolute Gasteiger partial charge is 0.230 e. The summed E-state index contributed by atoms with van der Waals surface area (Å²) in [6, 6.07) is 2.64. The van der Waals surface area contributed by atoms with E-state index < -0.39 is 81.8 Å². The largest absolute Gasteiger partial charge is 0.507 e. The van der Waals surface area contributed by atoms with E-state index in [-0.39, 0.29) is 11.1 Å². The maximum absolute atomic E-state index is 13.6. The topological polar surface area (TPSA) is 211 Å². The number of phenols is 1. The molecule has 9 N–H and O–H groups in total. The predicted octanol–water partition coefficient (Wildman–Crippen LogP) is -2.58. The second kappa shape index (κ2) is 6.83. The minimum Gasteiger partial charge on any atom is -0.507 e. The second-order valence-corrected chi connectivity index (χ2v) is 8.75. The van der Waals surface area contributed by atoms with Crippen molar-refractivity contribution in [1.29, 1.82) is 0 Å². The highest BCUT2D eigenvalue weighted by atomic mass is 16.3. The third-order valence-electron chi connectivity index (χ3n) is 7.17. The van der Waals surface area contributed by atoms with E-state index in [1.54, 1.807) is 0 Å². The van der Waals surface area contributed by atoms with Gasteiger partial charge in [-0.25, -0.2) is 0 Å². The van der Waals surface area contributed by atoms with Crippen molar-refractivity contribution in [2.75, 3.05) is 7.05 Å². The summed E-state index contributed by atoms with van der Waals surface area (Å²) in [6.45, 7) is 1.25. The van der Waals surface area contributed by atoms with Crippen LogP contribution in [0.25, 0.3) is 5.76 Å². The predicted molar refractivity (Wildman–Crippen MR) is 107 cm³/mol. The number of likely N-dealkylation sites (N-methyl/N-ethyl adjacent to an activating group) is 1. The van der Waals surface area contributed by atoms with Crippen LogP contribution in [0.4, 0.5) is 0 Å². The van der Waals surface area contributed by atoms with Gasteiger partial charge in [0.25, 0.3) is 0 Å². The van der Waals surface area contributed by atoms with Crippen LogP contribution in [0.2, 0.25) is 0 Å². The molecule has 32 heavy (non-hydrogen) atoms. The summed E-state index contributed by atoms with van der Waals surface area (Å²) in [5, 5.41) is 68.4. The number of Topliss-reactive ketones (excluding diaryl/α,β-unsaturated/α-hetero) is 2.